The molecule has 1 aliphatic carbocycles. The van der Waals surface area contributed by atoms with E-state index in [1.165, 1.54) is 34.4 Å². The molecule has 0 saturated heterocycles. The topological polar surface area (TPSA) is 110 Å². The second-order valence-electron chi connectivity index (χ2n) is 7.53. The Bertz CT molecular complexity index is 1180. The lowest BCUT2D eigenvalue weighted by Gasteiger charge is -2.07. The average Bonchev–Trinajstić information content (AvgIpc) is 3.53. The SMILES string of the molecule is CCOC(=O)c1c(NC(=O)CSc2nnc(NC(=O)CCc3ccccc3)s2)sc2c1CCC2. The number of thiophene rings is 1. The molecule has 178 valence electrons. The summed E-state index contributed by atoms with van der Waals surface area (Å²) in [6.07, 6.45) is 3.76. The van der Waals surface area contributed by atoms with Gasteiger partial charge >= 0.3 is 5.97 Å². The molecule has 2 aromatic heterocycles. The molecule has 3 aromatic rings. The molecule has 0 aliphatic heterocycles. The monoisotopic (exact) mass is 516 g/mol. The predicted molar refractivity (Wildman–Crippen MR) is 135 cm³/mol. The van der Waals surface area contributed by atoms with Crippen molar-refractivity contribution in [1.82, 2.24) is 10.2 Å². The molecule has 4 rings (SSSR count). The number of benzene rings is 1. The van der Waals surface area contributed by atoms with E-state index in [0.717, 1.165) is 35.3 Å². The summed E-state index contributed by atoms with van der Waals surface area (Å²) in [5.41, 5.74) is 2.59. The van der Waals surface area contributed by atoms with Crippen LogP contribution in [0.15, 0.2) is 34.7 Å². The number of hydrogen-bond donors (Lipinski definition) is 2. The molecule has 0 atom stereocenters. The molecule has 11 heteroatoms. The van der Waals surface area contributed by atoms with Gasteiger partial charge in [0, 0.05) is 11.3 Å². The summed E-state index contributed by atoms with van der Waals surface area (Å²) in [4.78, 5) is 38.3. The Morgan fingerprint density at radius 1 is 1.06 bits per heavy atom. The Morgan fingerprint density at radius 2 is 1.88 bits per heavy atom. The van der Waals surface area contributed by atoms with Gasteiger partial charge in [-0.1, -0.05) is 53.4 Å². The molecule has 0 fully saturated rings. The number of fused-ring (bicyclic) bond motifs is 1. The van der Waals surface area contributed by atoms with E-state index < -0.39 is 0 Å². The maximum Gasteiger partial charge on any atom is 0.341 e. The third-order valence-electron chi connectivity index (χ3n) is 5.12. The normalized spacial score (nSPS) is 12.3. The van der Waals surface area contributed by atoms with Crippen molar-refractivity contribution in [2.24, 2.45) is 0 Å². The first-order valence-corrected chi connectivity index (χ1v) is 13.6. The fourth-order valence-electron chi connectivity index (χ4n) is 3.60. The van der Waals surface area contributed by atoms with Crippen molar-refractivity contribution in [1.29, 1.82) is 0 Å². The van der Waals surface area contributed by atoms with Crippen molar-refractivity contribution >= 4 is 62.4 Å². The number of amides is 2. The van der Waals surface area contributed by atoms with E-state index in [1.807, 2.05) is 30.3 Å². The summed E-state index contributed by atoms with van der Waals surface area (Å²) in [6.45, 7) is 2.05. The van der Waals surface area contributed by atoms with E-state index in [1.54, 1.807) is 6.92 Å². The van der Waals surface area contributed by atoms with Crippen molar-refractivity contribution < 1.29 is 19.1 Å². The molecule has 0 radical (unpaired) electrons. The fourth-order valence-corrected chi connectivity index (χ4v) is 6.47. The molecule has 1 aliphatic rings. The minimum absolute atomic E-state index is 0.113. The lowest BCUT2D eigenvalue weighted by molar-refractivity contribution is -0.116. The number of nitrogens with zero attached hydrogens (tertiary/aromatic N) is 2. The number of aryl methyl sites for hydroxylation is 2. The zero-order valence-electron chi connectivity index (χ0n) is 18.6. The number of hydrogen-bond acceptors (Lipinski definition) is 9. The van der Waals surface area contributed by atoms with E-state index in [9.17, 15) is 14.4 Å². The number of ether oxygens (including phenoxy) is 1. The van der Waals surface area contributed by atoms with Gasteiger partial charge in [0.25, 0.3) is 0 Å². The molecule has 34 heavy (non-hydrogen) atoms. The zero-order chi connectivity index (χ0) is 23.9. The van der Waals surface area contributed by atoms with Gasteiger partial charge in [0.2, 0.25) is 16.9 Å². The summed E-state index contributed by atoms with van der Waals surface area (Å²) in [5, 5.41) is 14.6. The van der Waals surface area contributed by atoms with Crippen LogP contribution in [0.4, 0.5) is 10.1 Å². The molecule has 0 spiro atoms. The summed E-state index contributed by atoms with van der Waals surface area (Å²) >= 11 is 3.91. The van der Waals surface area contributed by atoms with Crippen LogP contribution in [0.1, 0.15) is 46.1 Å². The van der Waals surface area contributed by atoms with E-state index in [-0.39, 0.29) is 30.1 Å². The van der Waals surface area contributed by atoms with E-state index in [4.69, 9.17) is 4.74 Å². The van der Waals surface area contributed by atoms with Crippen LogP contribution in [0, 0.1) is 0 Å². The van der Waals surface area contributed by atoms with Crippen LogP contribution in [0.5, 0.6) is 0 Å². The van der Waals surface area contributed by atoms with Gasteiger partial charge in [-0.05, 0) is 43.7 Å². The summed E-state index contributed by atoms with van der Waals surface area (Å²) in [7, 11) is 0. The van der Waals surface area contributed by atoms with Crippen LogP contribution in [0.2, 0.25) is 0 Å². The molecule has 8 nitrogen and oxygen atoms in total. The van der Waals surface area contributed by atoms with Gasteiger partial charge in [0.1, 0.15) is 5.00 Å². The van der Waals surface area contributed by atoms with Crippen LogP contribution in [-0.4, -0.2) is 40.3 Å². The van der Waals surface area contributed by atoms with E-state index in [0.29, 0.717) is 32.9 Å². The molecule has 0 unspecified atom stereocenters. The second kappa shape index (κ2) is 11.6. The Hall–Kier alpha value is -2.76. The Labute approximate surface area is 209 Å². The van der Waals surface area contributed by atoms with Crippen molar-refractivity contribution in [3.8, 4) is 0 Å². The third-order valence-corrected chi connectivity index (χ3v) is 8.30. The smallest absolute Gasteiger partial charge is 0.341 e. The van der Waals surface area contributed by atoms with Crippen molar-refractivity contribution in [3.05, 3.63) is 51.9 Å². The lowest BCUT2D eigenvalue weighted by Crippen LogP contribution is -2.16. The number of nitrogens with one attached hydrogen (secondary N) is 2. The highest BCUT2D eigenvalue weighted by molar-refractivity contribution is 8.01. The first kappa shape index (κ1) is 24.4. The van der Waals surface area contributed by atoms with Crippen LogP contribution < -0.4 is 10.6 Å². The first-order chi connectivity index (χ1) is 16.5. The van der Waals surface area contributed by atoms with Crippen molar-refractivity contribution in [2.75, 3.05) is 23.0 Å². The first-order valence-electron chi connectivity index (χ1n) is 10.9. The summed E-state index contributed by atoms with van der Waals surface area (Å²) in [6, 6.07) is 9.80. The number of carbonyl (C=O) groups excluding carboxylic acids is 3. The number of aromatic nitrogens is 2. The van der Waals surface area contributed by atoms with Gasteiger partial charge in [-0.15, -0.1) is 21.5 Å². The van der Waals surface area contributed by atoms with Gasteiger partial charge in [-0.2, -0.15) is 0 Å². The second-order valence-corrected chi connectivity index (χ2v) is 10.8. The maximum absolute atomic E-state index is 12.6. The van der Waals surface area contributed by atoms with E-state index in [2.05, 4.69) is 20.8 Å². The van der Waals surface area contributed by atoms with Crippen LogP contribution in [0.25, 0.3) is 0 Å². The third kappa shape index (κ3) is 6.22. The van der Waals surface area contributed by atoms with Crippen molar-refractivity contribution in [3.63, 3.8) is 0 Å². The van der Waals surface area contributed by atoms with Gasteiger partial charge in [-0.25, -0.2) is 4.79 Å². The van der Waals surface area contributed by atoms with Gasteiger partial charge in [0.15, 0.2) is 4.34 Å². The predicted octanol–water partition coefficient (Wildman–Crippen LogP) is 4.57. The highest BCUT2D eigenvalue weighted by atomic mass is 32.2. The van der Waals surface area contributed by atoms with Crippen LogP contribution in [0.3, 0.4) is 0 Å². The van der Waals surface area contributed by atoms with Gasteiger partial charge < -0.3 is 15.4 Å². The molecular formula is C23H24N4O4S3. The lowest BCUT2D eigenvalue weighted by atomic mass is 10.1. The maximum atomic E-state index is 12.6. The number of thioether (sulfide) groups is 1. The minimum Gasteiger partial charge on any atom is -0.462 e. The molecule has 2 N–H and O–H groups in total. The summed E-state index contributed by atoms with van der Waals surface area (Å²) < 4.78 is 5.78. The van der Waals surface area contributed by atoms with Gasteiger partial charge in [0.05, 0.1) is 17.9 Å². The molecule has 2 heterocycles. The quantitative estimate of drug-likeness (QED) is 0.231. The Morgan fingerprint density at radius 3 is 2.68 bits per heavy atom. The molecule has 1 aromatic carbocycles. The van der Waals surface area contributed by atoms with Crippen molar-refractivity contribution in [2.45, 2.75) is 43.4 Å². The number of carbonyl (C=O) groups is 3. The minimum atomic E-state index is -0.387. The van der Waals surface area contributed by atoms with Gasteiger partial charge in [-0.3, -0.25) is 9.59 Å². The Balaban J connectivity index is 1.27. The zero-order valence-corrected chi connectivity index (χ0v) is 21.0. The molecular weight excluding hydrogens is 492 g/mol. The largest absolute Gasteiger partial charge is 0.462 e. The van der Waals surface area contributed by atoms with E-state index >= 15 is 0 Å². The highest BCUT2D eigenvalue weighted by Crippen LogP contribution is 2.39. The number of anilines is 2. The standard InChI is InChI=1S/C23H24N4O4S3/c1-2-31-21(30)19-15-9-6-10-16(15)33-20(19)24-18(29)13-32-23-27-26-22(34-23)25-17(28)12-11-14-7-4-3-5-8-14/h3-5,7-8H,2,6,9-13H2,1H3,(H,24,29)(H,25,26,28). The number of rotatable bonds is 10. The molecule has 0 saturated carbocycles. The highest BCUT2D eigenvalue weighted by Gasteiger charge is 2.28. The average molecular weight is 517 g/mol. The Kier molecular flexibility index (Phi) is 8.30. The fraction of sp³-hybridized carbons (Fsp3) is 0.348. The van der Waals surface area contributed by atoms with Crippen LogP contribution in [-0.2, 0) is 33.6 Å². The summed E-state index contributed by atoms with van der Waals surface area (Å²) in [5.74, 6) is -0.645. The molecule has 2 amide bonds. The number of esters is 1. The van der Waals surface area contributed by atoms with Crippen LogP contribution >= 0.6 is 34.4 Å². The molecule has 0 bridgehead atoms.